The second-order valence-electron chi connectivity index (χ2n) is 7.88. The summed E-state index contributed by atoms with van der Waals surface area (Å²) in [6.07, 6.45) is 10.4. The van der Waals surface area contributed by atoms with Gasteiger partial charge in [-0.25, -0.2) is 9.97 Å². The molecule has 162 valence electrons. The Labute approximate surface area is 185 Å². The summed E-state index contributed by atoms with van der Waals surface area (Å²) in [6, 6.07) is 6.77. The van der Waals surface area contributed by atoms with Gasteiger partial charge in [0, 0.05) is 43.1 Å². The molecular weight excluding hydrogens is 412 g/mol. The van der Waals surface area contributed by atoms with Gasteiger partial charge in [0.25, 0.3) is 11.1 Å². The van der Waals surface area contributed by atoms with Crippen molar-refractivity contribution in [2.24, 2.45) is 0 Å². The molecule has 2 fully saturated rings. The normalized spacial score (nSPS) is 22.5. The second kappa shape index (κ2) is 10.0. The van der Waals surface area contributed by atoms with Crippen LogP contribution >= 0.6 is 11.8 Å². The van der Waals surface area contributed by atoms with Crippen molar-refractivity contribution in [2.75, 3.05) is 11.9 Å². The Balaban J connectivity index is 1.23. The second-order valence-corrected chi connectivity index (χ2v) is 8.90. The first kappa shape index (κ1) is 21.5. The quantitative estimate of drug-likeness (QED) is 0.566. The number of hydrogen-bond acceptors (Lipinski definition) is 8. The van der Waals surface area contributed by atoms with Gasteiger partial charge in [-0.3, -0.25) is 19.9 Å². The molecule has 1 saturated carbocycles. The third kappa shape index (κ3) is 6.11. The van der Waals surface area contributed by atoms with Crippen LogP contribution in [0.15, 0.2) is 35.5 Å². The van der Waals surface area contributed by atoms with Crippen LogP contribution < -0.4 is 16.0 Å². The number of imide groups is 1. The standard InChI is InChI=1S/C22H26N6O2S/c1-14-2-3-16(25-13-14)8-10-23-15-4-6-17(7-5-15)26-21-24-11-9-18(27-21)12-19-20(29)28-22(30)31-19/h2-3,9,11-13,15,17,23H,4-8,10H2,1H3,(H,24,26,27)(H,28,29,30)/b19-12-. The summed E-state index contributed by atoms with van der Waals surface area (Å²) in [5.74, 6) is 0.165. The van der Waals surface area contributed by atoms with Crippen molar-refractivity contribution in [3.05, 3.63) is 52.4 Å². The molecule has 9 heteroatoms. The van der Waals surface area contributed by atoms with Gasteiger partial charge in [0.1, 0.15) is 0 Å². The molecule has 2 amide bonds. The predicted molar refractivity (Wildman–Crippen MR) is 121 cm³/mol. The number of carbonyl (C=O) groups excluding carboxylic acids is 2. The van der Waals surface area contributed by atoms with Crippen molar-refractivity contribution >= 4 is 34.9 Å². The molecule has 2 aromatic heterocycles. The van der Waals surface area contributed by atoms with E-state index in [0.29, 0.717) is 28.6 Å². The molecule has 4 rings (SSSR count). The average molecular weight is 439 g/mol. The number of nitrogens with one attached hydrogen (secondary N) is 3. The van der Waals surface area contributed by atoms with Crippen LogP contribution in [0.1, 0.15) is 42.6 Å². The molecule has 0 spiro atoms. The molecule has 2 aliphatic rings. The van der Waals surface area contributed by atoms with Crippen LogP contribution in [0.3, 0.4) is 0 Å². The molecule has 2 aromatic rings. The minimum absolute atomic E-state index is 0.324. The molecule has 0 atom stereocenters. The number of amides is 2. The summed E-state index contributed by atoms with van der Waals surface area (Å²) in [7, 11) is 0. The fourth-order valence-electron chi connectivity index (χ4n) is 3.75. The lowest BCUT2D eigenvalue weighted by Crippen LogP contribution is -2.38. The minimum Gasteiger partial charge on any atom is -0.351 e. The molecule has 0 radical (unpaired) electrons. The van der Waals surface area contributed by atoms with Gasteiger partial charge in [-0.15, -0.1) is 0 Å². The largest absolute Gasteiger partial charge is 0.351 e. The number of aryl methyl sites for hydroxylation is 1. The van der Waals surface area contributed by atoms with Gasteiger partial charge in [-0.1, -0.05) is 6.07 Å². The van der Waals surface area contributed by atoms with E-state index in [1.807, 2.05) is 6.20 Å². The van der Waals surface area contributed by atoms with Crippen molar-refractivity contribution in [1.29, 1.82) is 0 Å². The smallest absolute Gasteiger partial charge is 0.290 e. The maximum atomic E-state index is 11.7. The number of nitrogens with zero attached hydrogens (tertiary/aromatic N) is 3. The highest BCUT2D eigenvalue weighted by Crippen LogP contribution is 2.25. The molecule has 1 saturated heterocycles. The Morgan fingerprint density at radius 2 is 1.94 bits per heavy atom. The molecule has 0 aromatic carbocycles. The lowest BCUT2D eigenvalue weighted by atomic mass is 9.91. The number of anilines is 1. The Kier molecular flexibility index (Phi) is 6.93. The van der Waals surface area contributed by atoms with Crippen molar-refractivity contribution < 1.29 is 9.59 Å². The Morgan fingerprint density at radius 3 is 2.65 bits per heavy atom. The highest BCUT2D eigenvalue weighted by molar-refractivity contribution is 8.18. The van der Waals surface area contributed by atoms with E-state index in [9.17, 15) is 9.59 Å². The molecule has 0 bridgehead atoms. The summed E-state index contributed by atoms with van der Waals surface area (Å²) in [5.41, 5.74) is 2.91. The van der Waals surface area contributed by atoms with Crippen LogP contribution in [-0.2, 0) is 11.2 Å². The summed E-state index contributed by atoms with van der Waals surface area (Å²) >= 11 is 0.886. The van der Waals surface area contributed by atoms with Crippen LogP contribution in [0, 0.1) is 6.92 Å². The molecule has 3 N–H and O–H groups in total. The van der Waals surface area contributed by atoms with Gasteiger partial charge in [-0.05, 0) is 68.1 Å². The topological polar surface area (TPSA) is 109 Å². The van der Waals surface area contributed by atoms with Crippen molar-refractivity contribution in [3.63, 3.8) is 0 Å². The number of thioether (sulfide) groups is 1. The Morgan fingerprint density at radius 1 is 1.13 bits per heavy atom. The highest BCUT2D eigenvalue weighted by atomic mass is 32.2. The monoisotopic (exact) mass is 438 g/mol. The van der Waals surface area contributed by atoms with E-state index in [4.69, 9.17) is 0 Å². The molecule has 3 heterocycles. The number of pyridine rings is 1. The van der Waals surface area contributed by atoms with Gasteiger partial charge < -0.3 is 10.6 Å². The first-order valence-corrected chi connectivity index (χ1v) is 11.4. The lowest BCUT2D eigenvalue weighted by molar-refractivity contribution is -0.115. The van der Waals surface area contributed by atoms with Crippen LogP contribution in [0.4, 0.5) is 10.7 Å². The highest BCUT2D eigenvalue weighted by Gasteiger charge is 2.25. The number of hydrogen-bond donors (Lipinski definition) is 3. The van der Waals surface area contributed by atoms with Crippen LogP contribution in [0.5, 0.6) is 0 Å². The SMILES string of the molecule is Cc1ccc(CCNC2CCC(Nc3nccc(/C=C4\SC(=O)NC4=O)n3)CC2)nc1. The van der Waals surface area contributed by atoms with Crippen molar-refractivity contribution in [1.82, 2.24) is 25.6 Å². The first-order chi connectivity index (χ1) is 15.0. The number of rotatable bonds is 7. The maximum absolute atomic E-state index is 11.7. The third-order valence-corrected chi connectivity index (χ3v) is 6.26. The molecule has 31 heavy (non-hydrogen) atoms. The van der Waals surface area contributed by atoms with Crippen LogP contribution in [0.25, 0.3) is 6.08 Å². The maximum Gasteiger partial charge on any atom is 0.290 e. The Bertz CT molecular complexity index is 970. The summed E-state index contributed by atoms with van der Waals surface area (Å²) < 4.78 is 0. The van der Waals surface area contributed by atoms with Crippen LogP contribution in [-0.4, -0.2) is 44.7 Å². The van der Waals surface area contributed by atoms with Gasteiger partial charge >= 0.3 is 0 Å². The van der Waals surface area contributed by atoms with Crippen LogP contribution in [0.2, 0.25) is 0 Å². The predicted octanol–water partition coefficient (Wildman–Crippen LogP) is 3.06. The van der Waals surface area contributed by atoms with E-state index >= 15 is 0 Å². The van der Waals surface area contributed by atoms with E-state index < -0.39 is 0 Å². The minimum atomic E-state index is -0.382. The van der Waals surface area contributed by atoms with Gasteiger partial charge in [0.2, 0.25) is 5.95 Å². The van der Waals surface area contributed by atoms with E-state index in [2.05, 4.69) is 50.0 Å². The van der Waals surface area contributed by atoms with E-state index in [1.54, 1.807) is 18.3 Å². The fourth-order valence-corrected chi connectivity index (χ4v) is 4.42. The zero-order valence-corrected chi connectivity index (χ0v) is 18.2. The van der Waals surface area contributed by atoms with Crippen molar-refractivity contribution in [2.45, 2.75) is 51.1 Å². The molecule has 1 aliphatic carbocycles. The number of carbonyl (C=O) groups is 2. The number of aromatic nitrogens is 3. The molecular formula is C22H26N6O2S. The summed E-state index contributed by atoms with van der Waals surface area (Å²) in [5, 5.41) is 8.95. The zero-order valence-electron chi connectivity index (χ0n) is 17.4. The first-order valence-electron chi connectivity index (χ1n) is 10.5. The third-order valence-electron chi connectivity index (χ3n) is 5.45. The Hall–Kier alpha value is -2.78. The van der Waals surface area contributed by atoms with Gasteiger partial charge in [0.05, 0.1) is 10.6 Å². The zero-order chi connectivity index (χ0) is 21.6. The van der Waals surface area contributed by atoms with E-state index in [-0.39, 0.29) is 11.1 Å². The fraction of sp³-hybridized carbons (Fsp3) is 0.409. The average Bonchev–Trinajstić information content (AvgIpc) is 3.07. The molecule has 1 aliphatic heterocycles. The van der Waals surface area contributed by atoms with E-state index in [0.717, 1.165) is 56.1 Å². The van der Waals surface area contributed by atoms with E-state index in [1.165, 1.54) is 5.56 Å². The van der Waals surface area contributed by atoms with Gasteiger partial charge in [-0.2, -0.15) is 0 Å². The summed E-state index contributed by atoms with van der Waals surface area (Å²) in [4.78, 5) is 36.6. The lowest BCUT2D eigenvalue weighted by Gasteiger charge is -2.29. The summed E-state index contributed by atoms with van der Waals surface area (Å²) in [6.45, 7) is 2.99. The molecule has 0 unspecified atom stereocenters. The van der Waals surface area contributed by atoms with Crippen molar-refractivity contribution in [3.8, 4) is 0 Å². The molecule has 8 nitrogen and oxygen atoms in total. The van der Waals surface area contributed by atoms with Gasteiger partial charge in [0.15, 0.2) is 0 Å².